The Kier molecular flexibility index (Phi) is 8.14. The number of nitrogens with two attached hydrogens (primary N) is 1. The van der Waals surface area contributed by atoms with Gasteiger partial charge >= 0.3 is 51.4 Å². The van der Waals surface area contributed by atoms with Gasteiger partial charge in [-0.25, -0.2) is 0 Å². The minimum atomic E-state index is -1.01. The number of amides is 1. The smallest absolute Gasteiger partial charge is 1.00 e. The molecule has 0 aliphatic carbocycles. The molecule has 0 saturated heterocycles. The van der Waals surface area contributed by atoms with Crippen molar-refractivity contribution in [2.75, 3.05) is 0 Å². The van der Waals surface area contributed by atoms with Gasteiger partial charge < -0.3 is 12.3 Å². The minimum Gasteiger partial charge on any atom is -1.00 e. The van der Waals surface area contributed by atoms with Crippen molar-refractivity contribution in [3.05, 3.63) is 0 Å². The third-order valence-corrected chi connectivity index (χ3v) is 0.412. The van der Waals surface area contributed by atoms with E-state index in [4.69, 9.17) is 5.11 Å². The molecular weight excluding hydrogens is 121 g/mol. The van der Waals surface area contributed by atoms with Crippen LogP contribution in [0, 0.1) is 0 Å². The first-order valence-electron chi connectivity index (χ1n) is 1.62. The number of primary amides is 1. The molecule has 0 aliphatic heterocycles. The number of hydrogen-bond donors (Lipinski definition) is 2. The summed E-state index contributed by atoms with van der Waals surface area (Å²) in [5.41, 5.74) is 4.55. The summed E-state index contributed by atoms with van der Waals surface area (Å²) in [6, 6.07) is 0. The van der Waals surface area contributed by atoms with E-state index in [1.54, 1.807) is 0 Å². The van der Waals surface area contributed by atoms with Crippen LogP contribution in [-0.4, -0.2) is 17.1 Å². The predicted molar refractivity (Wildman–Crippen MR) is 22.0 cm³/mol. The van der Waals surface area contributed by atoms with Crippen molar-refractivity contribution < 1.29 is 62.7 Å². The molecule has 0 saturated carbocycles. The zero-order chi connectivity index (χ0) is 5.15. The Morgan fingerprint density at radius 1 is 2.00 bits per heavy atom. The first-order chi connectivity index (χ1) is 2.64. The van der Waals surface area contributed by atoms with Gasteiger partial charge in [-0.2, -0.15) is 0 Å². The molecule has 4 heteroatoms. The van der Waals surface area contributed by atoms with Gasteiger partial charge in [-0.05, 0) is 6.92 Å². The molecule has 0 aliphatic rings. The topological polar surface area (TPSA) is 63.3 Å². The molecule has 0 aromatic carbocycles. The summed E-state index contributed by atoms with van der Waals surface area (Å²) in [5, 5.41) is 8.16. The van der Waals surface area contributed by atoms with E-state index in [9.17, 15) is 4.79 Å². The van der Waals surface area contributed by atoms with Crippen LogP contribution in [0.25, 0.3) is 0 Å². The van der Waals surface area contributed by atoms with Gasteiger partial charge in [0.2, 0.25) is 5.91 Å². The van der Waals surface area contributed by atoms with E-state index in [1.807, 2.05) is 0 Å². The van der Waals surface area contributed by atoms with Gasteiger partial charge in [-0.15, -0.1) is 0 Å². The quantitative estimate of drug-likeness (QED) is 0.354. The van der Waals surface area contributed by atoms with Crippen LogP contribution < -0.4 is 57.1 Å². The van der Waals surface area contributed by atoms with Crippen LogP contribution in [0.3, 0.4) is 0 Å². The van der Waals surface area contributed by atoms with Crippen LogP contribution in [0.2, 0.25) is 0 Å². The van der Waals surface area contributed by atoms with Gasteiger partial charge in [-0.1, -0.05) is 0 Å². The van der Waals surface area contributed by atoms with Gasteiger partial charge in [-0.3, -0.25) is 4.79 Å². The second-order valence-electron chi connectivity index (χ2n) is 1.08. The number of carbonyl (C=O) groups is 1. The van der Waals surface area contributed by atoms with Crippen LogP contribution in [0.15, 0.2) is 0 Å². The molecule has 0 spiro atoms. The normalized spacial score (nSPS) is 11.7. The van der Waals surface area contributed by atoms with E-state index in [1.165, 1.54) is 6.92 Å². The molecular formula is C3H8KNO2. The molecule has 0 bridgehead atoms. The van der Waals surface area contributed by atoms with E-state index in [2.05, 4.69) is 5.73 Å². The molecule has 0 rings (SSSR count). The first-order valence-corrected chi connectivity index (χ1v) is 1.62. The van der Waals surface area contributed by atoms with Crippen molar-refractivity contribution in [1.29, 1.82) is 0 Å². The predicted octanol–water partition coefficient (Wildman–Crippen LogP) is -4.03. The standard InChI is InChI=1S/C3H7NO2.K.H/c1-2(5)3(4)6;;/h2,5H,1H3,(H2,4,6);;/q;+1;-1. The molecule has 0 heterocycles. The zero-order valence-corrected chi connectivity index (χ0v) is 7.63. The molecule has 1 unspecified atom stereocenters. The molecule has 38 valence electrons. The largest absolute Gasteiger partial charge is 1.00 e. The molecule has 7 heavy (non-hydrogen) atoms. The first kappa shape index (κ1) is 10.9. The Morgan fingerprint density at radius 2 is 2.14 bits per heavy atom. The van der Waals surface area contributed by atoms with Crippen molar-refractivity contribution >= 4 is 5.91 Å². The fourth-order valence-electron chi connectivity index (χ4n) is 0. The van der Waals surface area contributed by atoms with Gasteiger partial charge in [0, 0.05) is 0 Å². The number of aliphatic hydroxyl groups excluding tert-OH is 1. The Bertz CT molecular complexity index is 68.3. The summed E-state index contributed by atoms with van der Waals surface area (Å²) in [6.07, 6.45) is -1.01. The molecule has 0 radical (unpaired) electrons. The third kappa shape index (κ3) is 7.07. The number of rotatable bonds is 1. The summed E-state index contributed by atoms with van der Waals surface area (Å²) in [4.78, 5) is 9.67. The average molecular weight is 129 g/mol. The van der Waals surface area contributed by atoms with E-state index in [0.29, 0.717) is 0 Å². The minimum absolute atomic E-state index is 0. The molecule has 3 nitrogen and oxygen atoms in total. The summed E-state index contributed by atoms with van der Waals surface area (Å²) in [7, 11) is 0. The molecule has 1 atom stereocenters. The van der Waals surface area contributed by atoms with Crippen LogP contribution in [-0.2, 0) is 4.79 Å². The van der Waals surface area contributed by atoms with Gasteiger partial charge in [0.15, 0.2) is 0 Å². The molecule has 3 N–H and O–H groups in total. The summed E-state index contributed by atoms with van der Waals surface area (Å²) in [5.74, 6) is -0.685. The maximum absolute atomic E-state index is 9.67. The van der Waals surface area contributed by atoms with Crippen molar-refractivity contribution in [2.45, 2.75) is 13.0 Å². The van der Waals surface area contributed by atoms with Crippen molar-refractivity contribution in [3.63, 3.8) is 0 Å². The second-order valence-corrected chi connectivity index (χ2v) is 1.08. The monoisotopic (exact) mass is 129 g/mol. The SMILES string of the molecule is CC(O)C(N)=O.[H-].[K+]. The number of aliphatic hydroxyl groups is 1. The van der Waals surface area contributed by atoms with Crippen LogP contribution in [0.5, 0.6) is 0 Å². The summed E-state index contributed by atoms with van der Waals surface area (Å²) in [6.45, 7) is 1.32. The van der Waals surface area contributed by atoms with Crippen molar-refractivity contribution in [3.8, 4) is 0 Å². The number of hydrogen-bond acceptors (Lipinski definition) is 2. The molecule has 0 fully saturated rings. The fraction of sp³-hybridized carbons (Fsp3) is 0.667. The van der Waals surface area contributed by atoms with E-state index >= 15 is 0 Å². The Hall–Kier alpha value is 1.07. The summed E-state index contributed by atoms with van der Waals surface area (Å²) >= 11 is 0. The maximum atomic E-state index is 9.67. The zero-order valence-electron chi connectivity index (χ0n) is 5.51. The van der Waals surface area contributed by atoms with E-state index < -0.39 is 12.0 Å². The van der Waals surface area contributed by atoms with Crippen LogP contribution >= 0.6 is 0 Å². The van der Waals surface area contributed by atoms with Crippen molar-refractivity contribution in [2.24, 2.45) is 5.73 Å². The summed E-state index contributed by atoms with van der Waals surface area (Å²) < 4.78 is 0. The van der Waals surface area contributed by atoms with Gasteiger partial charge in [0.25, 0.3) is 0 Å². The van der Waals surface area contributed by atoms with Gasteiger partial charge in [0.05, 0.1) is 0 Å². The second kappa shape index (κ2) is 5.21. The van der Waals surface area contributed by atoms with Crippen LogP contribution in [0.1, 0.15) is 8.35 Å². The Labute approximate surface area is 86.2 Å². The van der Waals surface area contributed by atoms with Crippen LogP contribution in [0.4, 0.5) is 0 Å². The van der Waals surface area contributed by atoms with E-state index in [0.717, 1.165) is 0 Å². The molecule has 1 amide bonds. The maximum Gasteiger partial charge on any atom is 1.00 e. The van der Waals surface area contributed by atoms with E-state index in [-0.39, 0.29) is 52.8 Å². The average Bonchev–Trinajstić information content (AvgIpc) is 1.36. The molecule has 0 aromatic heterocycles. The number of carbonyl (C=O) groups excluding carboxylic acids is 1. The Balaban J connectivity index is -0.000000125. The van der Waals surface area contributed by atoms with Crippen molar-refractivity contribution in [1.82, 2.24) is 0 Å². The molecule has 0 aromatic rings. The Morgan fingerprint density at radius 3 is 2.14 bits per heavy atom. The third-order valence-electron chi connectivity index (χ3n) is 0.412. The van der Waals surface area contributed by atoms with Gasteiger partial charge in [0.1, 0.15) is 6.10 Å². The fourth-order valence-corrected chi connectivity index (χ4v) is 0.